The highest BCUT2D eigenvalue weighted by molar-refractivity contribution is 14.1. The fraction of sp³-hybridized carbons (Fsp3) is 0.176. The highest BCUT2D eigenvalue weighted by Gasteiger charge is 2.23. The van der Waals surface area contributed by atoms with Gasteiger partial charge in [0.1, 0.15) is 5.75 Å². The standard InChI is InChI=1S/C17H15IN2O2S/c1-22-15-7-6-12(10-13(15)18)16(21)19-17(23)20-9-8-11-4-2-3-5-14(11)20/h2-7,10H,8-9H2,1H3,(H,19,21,23). The number of ether oxygens (including phenoxy) is 1. The van der Waals surface area contributed by atoms with Crippen molar-refractivity contribution in [2.75, 3.05) is 18.6 Å². The van der Waals surface area contributed by atoms with Gasteiger partial charge in [-0.1, -0.05) is 18.2 Å². The first-order valence-electron chi connectivity index (χ1n) is 7.14. The molecule has 0 aromatic heterocycles. The second-order valence-corrected chi connectivity index (χ2v) is 6.69. The van der Waals surface area contributed by atoms with E-state index in [-0.39, 0.29) is 5.91 Å². The van der Waals surface area contributed by atoms with Crippen LogP contribution in [0.25, 0.3) is 0 Å². The normalized spacial score (nSPS) is 12.7. The fourth-order valence-corrected chi connectivity index (χ4v) is 3.61. The largest absolute Gasteiger partial charge is 0.496 e. The Hall–Kier alpha value is -1.67. The number of anilines is 1. The van der Waals surface area contributed by atoms with Gasteiger partial charge in [-0.05, 0) is 71.1 Å². The summed E-state index contributed by atoms with van der Waals surface area (Å²) in [5.41, 5.74) is 2.88. The van der Waals surface area contributed by atoms with Crippen molar-refractivity contribution in [3.8, 4) is 5.75 Å². The third kappa shape index (κ3) is 3.32. The topological polar surface area (TPSA) is 41.6 Å². The summed E-state index contributed by atoms with van der Waals surface area (Å²) in [5, 5.41) is 3.25. The van der Waals surface area contributed by atoms with Gasteiger partial charge in [0.25, 0.3) is 5.91 Å². The Labute approximate surface area is 154 Å². The van der Waals surface area contributed by atoms with E-state index < -0.39 is 0 Å². The van der Waals surface area contributed by atoms with E-state index in [2.05, 4.69) is 34.0 Å². The summed E-state index contributed by atoms with van der Waals surface area (Å²) < 4.78 is 6.09. The highest BCUT2D eigenvalue weighted by Crippen LogP contribution is 2.27. The maximum atomic E-state index is 12.4. The van der Waals surface area contributed by atoms with Crippen molar-refractivity contribution in [1.29, 1.82) is 0 Å². The monoisotopic (exact) mass is 438 g/mol. The molecule has 23 heavy (non-hydrogen) atoms. The molecule has 2 aromatic rings. The van der Waals surface area contributed by atoms with Gasteiger partial charge in [0.05, 0.1) is 10.7 Å². The lowest BCUT2D eigenvalue weighted by atomic mass is 10.2. The first kappa shape index (κ1) is 16.2. The average Bonchev–Trinajstić information content (AvgIpc) is 2.98. The van der Waals surface area contributed by atoms with Gasteiger partial charge in [0.15, 0.2) is 5.11 Å². The SMILES string of the molecule is COc1ccc(C(=O)NC(=S)N2CCc3ccccc32)cc1I. The van der Waals surface area contributed by atoms with Gasteiger partial charge in [-0.2, -0.15) is 0 Å². The molecule has 1 amide bonds. The quantitative estimate of drug-likeness (QED) is 0.577. The van der Waals surface area contributed by atoms with Crippen LogP contribution in [-0.2, 0) is 6.42 Å². The summed E-state index contributed by atoms with van der Waals surface area (Å²) in [5.74, 6) is 0.540. The zero-order valence-corrected chi connectivity index (χ0v) is 15.5. The van der Waals surface area contributed by atoms with Gasteiger partial charge < -0.3 is 9.64 Å². The Morgan fingerprint density at radius 1 is 1.30 bits per heavy atom. The van der Waals surface area contributed by atoms with Crippen molar-refractivity contribution < 1.29 is 9.53 Å². The van der Waals surface area contributed by atoms with Crippen molar-refractivity contribution >= 4 is 51.5 Å². The maximum Gasteiger partial charge on any atom is 0.257 e. The van der Waals surface area contributed by atoms with Gasteiger partial charge in [-0.3, -0.25) is 10.1 Å². The number of hydrogen-bond acceptors (Lipinski definition) is 3. The zero-order chi connectivity index (χ0) is 16.4. The number of para-hydroxylation sites is 1. The molecule has 0 spiro atoms. The minimum absolute atomic E-state index is 0.208. The van der Waals surface area contributed by atoms with Gasteiger partial charge >= 0.3 is 0 Å². The van der Waals surface area contributed by atoms with E-state index in [1.165, 1.54) is 5.56 Å². The average molecular weight is 438 g/mol. The molecule has 0 bridgehead atoms. The smallest absolute Gasteiger partial charge is 0.257 e. The Kier molecular flexibility index (Phi) is 4.82. The van der Waals surface area contributed by atoms with Crippen LogP contribution in [0, 0.1) is 3.57 Å². The third-order valence-corrected chi connectivity index (χ3v) is 4.93. The molecular formula is C17H15IN2O2S. The maximum absolute atomic E-state index is 12.4. The third-order valence-electron chi connectivity index (χ3n) is 3.77. The van der Waals surface area contributed by atoms with Crippen LogP contribution in [-0.4, -0.2) is 24.7 Å². The number of rotatable bonds is 2. The number of carbonyl (C=O) groups excluding carboxylic acids is 1. The number of benzene rings is 2. The van der Waals surface area contributed by atoms with Crippen LogP contribution in [0.5, 0.6) is 5.75 Å². The molecule has 1 heterocycles. The number of methoxy groups -OCH3 is 1. The lowest BCUT2D eigenvalue weighted by Gasteiger charge is -2.20. The molecule has 6 heteroatoms. The molecule has 1 N–H and O–H groups in total. The van der Waals surface area contributed by atoms with Crippen molar-refractivity contribution in [2.24, 2.45) is 0 Å². The number of hydrogen-bond donors (Lipinski definition) is 1. The van der Waals surface area contributed by atoms with Crippen LogP contribution in [0.1, 0.15) is 15.9 Å². The Morgan fingerprint density at radius 3 is 2.83 bits per heavy atom. The molecule has 0 aliphatic carbocycles. The summed E-state index contributed by atoms with van der Waals surface area (Å²) in [6.45, 7) is 0.790. The molecule has 0 fully saturated rings. The lowest BCUT2D eigenvalue weighted by Crippen LogP contribution is -2.42. The summed E-state index contributed by atoms with van der Waals surface area (Å²) in [7, 11) is 1.61. The minimum atomic E-state index is -0.208. The van der Waals surface area contributed by atoms with E-state index in [1.54, 1.807) is 25.3 Å². The molecule has 0 saturated carbocycles. The van der Waals surface area contributed by atoms with E-state index in [9.17, 15) is 4.79 Å². The molecule has 2 aromatic carbocycles. The van der Waals surface area contributed by atoms with Gasteiger partial charge in [-0.15, -0.1) is 0 Å². The van der Waals surface area contributed by atoms with Gasteiger partial charge in [0.2, 0.25) is 0 Å². The van der Waals surface area contributed by atoms with Gasteiger partial charge in [0, 0.05) is 17.8 Å². The summed E-state index contributed by atoms with van der Waals surface area (Å²) in [4.78, 5) is 14.4. The van der Waals surface area contributed by atoms with Crippen LogP contribution in [0.2, 0.25) is 0 Å². The predicted octanol–water partition coefficient (Wildman–Crippen LogP) is 3.38. The molecule has 4 nitrogen and oxygen atoms in total. The van der Waals surface area contributed by atoms with Crippen molar-refractivity contribution in [2.45, 2.75) is 6.42 Å². The van der Waals surface area contributed by atoms with Crippen LogP contribution in [0.4, 0.5) is 5.69 Å². The number of nitrogens with zero attached hydrogens (tertiary/aromatic N) is 1. The van der Waals surface area contributed by atoms with Crippen molar-refractivity contribution in [3.05, 3.63) is 57.2 Å². The molecule has 1 aliphatic rings. The van der Waals surface area contributed by atoms with Crippen LogP contribution < -0.4 is 15.0 Å². The van der Waals surface area contributed by atoms with Crippen molar-refractivity contribution in [3.63, 3.8) is 0 Å². The Bertz CT molecular complexity index is 779. The molecule has 1 aliphatic heterocycles. The first-order valence-corrected chi connectivity index (χ1v) is 8.63. The molecule has 0 unspecified atom stereocenters. The molecule has 118 valence electrons. The number of amides is 1. The molecule has 3 rings (SSSR count). The van der Waals surface area contributed by atoms with Crippen LogP contribution in [0.3, 0.4) is 0 Å². The number of fused-ring (bicyclic) bond motifs is 1. The lowest BCUT2D eigenvalue weighted by molar-refractivity contribution is 0.0977. The molecule has 0 radical (unpaired) electrons. The molecule has 0 saturated heterocycles. The van der Waals surface area contributed by atoms with E-state index in [0.717, 1.165) is 28.0 Å². The molecule has 0 atom stereocenters. The number of thiocarbonyl (C=S) groups is 1. The Balaban J connectivity index is 1.73. The summed E-state index contributed by atoms with van der Waals surface area (Å²) >= 11 is 7.56. The van der Waals surface area contributed by atoms with E-state index >= 15 is 0 Å². The fourth-order valence-electron chi connectivity index (χ4n) is 2.59. The molecular weight excluding hydrogens is 423 g/mol. The number of halogens is 1. The predicted molar refractivity (Wildman–Crippen MR) is 103 cm³/mol. The first-order chi connectivity index (χ1) is 11.1. The summed E-state index contributed by atoms with van der Waals surface area (Å²) in [6.07, 6.45) is 0.937. The van der Waals surface area contributed by atoms with Crippen LogP contribution in [0.15, 0.2) is 42.5 Å². The zero-order valence-electron chi connectivity index (χ0n) is 12.5. The van der Waals surface area contributed by atoms with Crippen molar-refractivity contribution in [1.82, 2.24) is 5.32 Å². The van der Waals surface area contributed by atoms with Gasteiger partial charge in [-0.25, -0.2) is 0 Å². The number of nitrogens with one attached hydrogen (secondary N) is 1. The van der Waals surface area contributed by atoms with E-state index in [0.29, 0.717) is 10.7 Å². The van der Waals surface area contributed by atoms with E-state index in [1.807, 2.05) is 23.1 Å². The highest BCUT2D eigenvalue weighted by atomic mass is 127. The second kappa shape index (κ2) is 6.84. The number of carbonyl (C=O) groups is 1. The summed E-state index contributed by atoms with van der Waals surface area (Å²) in [6, 6.07) is 13.4. The van der Waals surface area contributed by atoms with Crippen LogP contribution >= 0.6 is 34.8 Å². The van der Waals surface area contributed by atoms with E-state index in [4.69, 9.17) is 17.0 Å². The Morgan fingerprint density at radius 2 is 2.09 bits per heavy atom. The second-order valence-electron chi connectivity index (χ2n) is 5.14. The minimum Gasteiger partial charge on any atom is -0.496 e.